The zero-order valence-corrected chi connectivity index (χ0v) is 11.6. The van der Waals surface area contributed by atoms with E-state index in [-0.39, 0.29) is 6.10 Å². The third-order valence-electron chi connectivity index (χ3n) is 2.80. The van der Waals surface area contributed by atoms with Crippen LogP contribution in [-0.4, -0.2) is 24.4 Å². The molecule has 0 spiro atoms. The van der Waals surface area contributed by atoms with E-state index in [0.29, 0.717) is 12.5 Å². The Morgan fingerprint density at radius 2 is 1.89 bits per heavy atom. The largest absolute Gasteiger partial charge is 0.494 e. The molecule has 0 amide bonds. The first kappa shape index (κ1) is 15.0. The van der Waals surface area contributed by atoms with Gasteiger partial charge < -0.3 is 15.2 Å². The first-order valence-electron chi connectivity index (χ1n) is 6.72. The third kappa shape index (κ3) is 6.03. The van der Waals surface area contributed by atoms with E-state index in [1.165, 1.54) is 5.56 Å². The second kappa shape index (κ2) is 8.11. The van der Waals surface area contributed by atoms with E-state index in [9.17, 15) is 5.11 Å². The smallest absolute Gasteiger partial charge is 0.119 e. The van der Waals surface area contributed by atoms with Crippen molar-refractivity contribution in [2.75, 3.05) is 13.2 Å². The van der Waals surface area contributed by atoms with Gasteiger partial charge in [-0.05, 0) is 50.4 Å². The van der Waals surface area contributed by atoms with E-state index >= 15 is 0 Å². The molecule has 2 unspecified atom stereocenters. The molecule has 0 saturated heterocycles. The first-order valence-corrected chi connectivity index (χ1v) is 6.72. The van der Waals surface area contributed by atoms with Crippen LogP contribution in [-0.2, 0) is 6.54 Å². The van der Waals surface area contributed by atoms with Crippen LogP contribution in [0.25, 0.3) is 0 Å². The maximum atomic E-state index is 9.28. The number of ether oxygens (including phenoxy) is 1. The summed E-state index contributed by atoms with van der Waals surface area (Å²) < 4.78 is 5.40. The molecule has 1 aromatic rings. The minimum Gasteiger partial charge on any atom is -0.494 e. The SMILES string of the molecule is CCOc1ccc(CNCC(C)CC(C)O)cc1. The summed E-state index contributed by atoms with van der Waals surface area (Å²) >= 11 is 0. The Hall–Kier alpha value is -1.06. The van der Waals surface area contributed by atoms with E-state index < -0.39 is 0 Å². The Kier molecular flexibility index (Phi) is 6.76. The van der Waals surface area contributed by atoms with Crippen molar-refractivity contribution in [1.82, 2.24) is 5.32 Å². The highest BCUT2D eigenvalue weighted by Crippen LogP contribution is 2.12. The standard InChI is InChI=1S/C15H25NO2/c1-4-18-15-7-5-14(6-8-15)11-16-10-12(2)9-13(3)17/h5-8,12-13,16-17H,4,9-11H2,1-3H3. The quantitative estimate of drug-likeness (QED) is 0.746. The van der Waals surface area contributed by atoms with Gasteiger partial charge in [-0.15, -0.1) is 0 Å². The van der Waals surface area contributed by atoms with Crippen LogP contribution in [0.4, 0.5) is 0 Å². The van der Waals surface area contributed by atoms with Crippen LogP contribution in [0.5, 0.6) is 5.75 Å². The van der Waals surface area contributed by atoms with E-state index in [0.717, 1.165) is 25.3 Å². The summed E-state index contributed by atoms with van der Waals surface area (Å²) in [6.45, 7) is 8.46. The molecule has 102 valence electrons. The molecule has 0 heterocycles. The van der Waals surface area contributed by atoms with Gasteiger partial charge in [-0.2, -0.15) is 0 Å². The number of nitrogens with one attached hydrogen (secondary N) is 1. The summed E-state index contributed by atoms with van der Waals surface area (Å²) in [5, 5.41) is 12.7. The van der Waals surface area contributed by atoms with Crippen LogP contribution < -0.4 is 10.1 Å². The van der Waals surface area contributed by atoms with Crippen LogP contribution in [0.3, 0.4) is 0 Å². The Balaban J connectivity index is 2.26. The number of benzene rings is 1. The van der Waals surface area contributed by atoms with Crippen molar-refractivity contribution in [1.29, 1.82) is 0 Å². The fourth-order valence-corrected chi connectivity index (χ4v) is 2.00. The van der Waals surface area contributed by atoms with Gasteiger partial charge in [-0.1, -0.05) is 19.1 Å². The van der Waals surface area contributed by atoms with Crippen LogP contribution >= 0.6 is 0 Å². The van der Waals surface area contributed by atoms with Crippen LogP contribution in [0.1, 0.15) is 32.8 Å². The molecule has 1 aromatic carbocycles. The molecule has 18 heavy (non-hydrogen) atoms. The number of hydrogen-bond acceptors (Lipinski definition) is 3. The summed E-state index contributed by atoms with van der Waals surface area (Å²) in [6.07, 6.45) is 0.628. The normalized spacial score (nSPS) is 14.2. The Morgan fingerprint density at radius 1 is 1.22 bits per heavy atom. The van der Waals surface area contributed by atoms with E-state index in [2.05, 4.69) is 24.4 Å². The minimum atomic E-state index is -0.215. The number of rotatable bonds is 8. The molecular formula is C15H25NO2. The molecule has 0 aromatic heterocycles. The lowest BCUT2D eigenvalue weighted by atomic mass is 10.0. The summed E-state index contributed by atoms with van der Waals surface area (Å²) in [5.41, 5.74) is 1.25. The van der Waals surface area contributed by atoms with Gasteiger partial charge in [0.25, 0.3) is 0 Å². The van der Waals surface area contributed by atoms with Crippen molar-refractivity contribution >= 4 is 0 Å². The van der Waals surface area contributed by atoms with Gasteiger partial charge in [0.05, 0.1) is 12.7 Å². The number of aliphatic hydroxyl groups is 1. The monoisotopic (exact) mass is 251 g/mol. The fourth-order valence-electron chi connectivity index (χ4n) is 2.00. The summed E-state index contributed by atoms with van der Waals surface area (Å²) in [4.78, 5) is 0. The van der Waals surface area contributed by atoms with Crippen molar-refractivity contribution in [3.8, 4) is 5.75 Å². The van der Waals surface area contributed by atoms with Gasteiger partial charge in [0.15, 0.2) is 0 Å². The molecule has 0 radical (unpaired) electrons. The van der Waals surface area contributed by atoms with Gasteiger partial charge in [-0.3, -0.25) is 0 Å². The van der Waals surface area contributed by atoms with Gasteiger partial charge in [-0.25, -0.2) is 0 Å². The highest BCUT2D eigenvalue weighted by molar-refractivity contribution is 5.27. The minimum absolute atomic E-state index is 0.215. The molecule has 0 aliphatic carbocycles. The van der Waals surface area contributed by atoms with E-state index in [4.69, 9.17) is 4.74 Å². The van der Waals surface area contributed by atoms with Gasteiger partial charge in [0.1, 0.15) is 5.75 Å². The van der Waals surface area contributed by atoms with Gasteiger partial charge in [0.2, 0.25) is 0 Å². The van der Waals surface area contributed by atoms with Crippen LogP contribution in [0.15, 0.2) is 24.3 Å². The van der Waals surface area contributed by atoms with Crippen molar-refractivity contribution < 1.29 is 9.84 Å². The number of aliphatic hydroxyl groups excluding tert-OH is 1. The van der Waals surface area contributed by atoms with Crippen molar-refractivity contribution in [3.05, 3.63) is 29.8 Å². The lowest BCUT2D eigenvalue weighted by molar-refractivity contribution is 0.163. The number of hydrogen-bond donors (Lipinski definition) is 2. The molecule has 2 N–H and O–H groups in total. The Bertz CT molecular complexity index is 322. The highest BCUT2D eigenvalue weighted by Gasteiger charge is 2.05. The molecule has 0 bridgehead atoms. The second-order valence-electron chi connectivity index (χ2n) is 4.90. The molecule has 2 atom stereocenters. The molecular weight excluding hydrogens is 226 g/mol. The molecule has 1 rings (SSSR count). The summed E-state index contributed by atoms with van der Waals surface area (Å²) in [6, 6.07) is 8.16. The van der Waals surface area contributed by atoms with Crippen LogP contribution in [0, 0.1) is 5.92 Å². The van der Waals surface area contributed by atoms with Gasteiger partial charge >= 0.3 is 0 Å². The lowest BCUT2D eigenvalue weighted by Gasteiger charge is -2.14. The fraction of sp³-hybridized carbons (Fsp3) is 0.600. The average Bonchev–Trinajstić information content (AvgIpc) is 2.31. The zero-order chi connectivity index (χ0) is 13.4. The third-order valence-corrected chi connectivity index (χ3v) is 2.80. The van der Waals surface area contributed by atoms with Gasteiger partial charge in [0, 0.05) is 6.54 Å². The maximum Gasteiger partial charge on any atom is 0.119 e. The topological polar surface area (TPSA) is 41.5 Å². The molecule has 0 fully saturated rings. The predicted molar refractivity (Wildman–Crippen MR) is 74.8 cm³/mol. The van der Waals surface area contributed by atoms with Crippen molar-refractivity contribution in [3.63, 3.8) is 0 Å². The predicted octanol–water partition coefficient (Wildman–Crippen LogP) is 2.58. The summed E-state index contributed by atoms with van der Waals surface area (Å²) in [7, 11) is 0. The van der Waals surface area contributed by atoms with E-state index in [1.54, 1.807) is 0 Å². The highest BCUT2D eigenvalue weighted by atomic mass is 16.5. The van der Waals surface area contributed by atoms with E-state index in [1.807, 2.05) is 26.0 Å². The maximum absolute atomic E-state index is 9.28. The Labute approximate surface area is 110 Å². The van der Waals surface area contributed by atoms with Crippen molar-refractivity contribution in [2.24, 2.45) is 5.92 Å². The Morgan fingerprint density at radius 3 is 2.44 bits per heavy atom. The second-order valence-corrected chi connectivity index (χ2v) is 4.90. The lowest BCUT2D eigenvalue weighted by Crippen LogP contribution is -2.23. The molecule has 3 heteroatoms. The first-order chi connectivity index (χ1) is 8.61. The molecule has 0 aliphatic heterocycles. The van der Waals surface area contributed by atoms with Crippen molar-refractivity contribution in [2.45, 2.75) is 39.8 Å². The van der Waals surface area contributed by atoms with Crippen LogP contribution in [0.2, 0.25) is 0 Å². The zero-order valence-electron chi connectivity index (χ0n) is 11.6. The summed E-state index contributed by atoms with van der Waals surface area (Å²) in [5.74, 6) is 1.41. The molecule has 0 saturated carbocycles. The molecule has 3 nitrogen and oxygen atoms in total. The molecule has 0 aliphatic rings. The average molecular weight is 251 g/mol.